The lowest BCUT2D eigenvalue weighted by molar-refractivity contribution is -0.0801. The van der Waals surface area contributed by atoms with Gasteiger partial charge in [-0.05, 0) is 23.7 Å². The highest BCUT2D eigenvalue weighted by Gasteiger charge is 2.56. The molecule has 25 heavy (non-hydrogen) atoms. The lowest BCUT2D eigenvalue weighted by Crippen LogP contribution is -2.11. The number of halogens is 7. The number of hydrogen-bond donors (Lipinski definition) is 0. The normalized spacial score (nSPS) is 22.6. The fourth-order valence-electron chi connectivity index (χ4n) is 3.16. The highest BCUT2D eigenvalue weighted by molar-refractivity contribution is 5.32. The second-order valence-corrected chi connectivity index (χ2v) is 6.70. The van der Waals surface area contributed by atoms with Crippen molar-refractivity contribution in [1.29, 1.82) is 0 Å². The molecule has 0 aliphatic heterocycles. The van der Waals surface area contributed by atoms with Gasteiger partial charge < -0.3 is 4.74 Å². The van der Waals surface area contributed by atoms with Gasteiger partial charge in [0.1, 0.15) is 0 Å². The minimum absolute atomic E-state index is 0.0645. The summed E-state index contributed by atoms with van der Waals surface area (Å²) in [6, 6.07) is 0. The molecule has 0 N–H and O–H groups in total. The van der Waals surface area contributed by atoms with E-state index in [9.17, 15) is 30.7 Å². The summed E-state index contributed by atoms with van der Waals surface area (Å²) in [5.74, 6) is -7.33. The Morgan fingerprint density at radius 3 is 1.88 bits per heavy atom. The van der Waals surface area contributed by atoms with Gasteiger partial charge in [-0.15, -0.1) is 0 Å². The standard InChI is InChI=1S/C17H17F7O/c1-16(2)10(4-5-17(22,23)24)11(16)6-8-12(18)14(20)9(7-25-3)15(21)13(8)19/h4-5,10-11H,6-7H2,1-3H3/b5-4-. The summed E-state index contributed by atoms with van der Waals surface area (Å²) in [5, 5.41) is 0. The first-order valence-electron chi connectivity index (χ1n) is 7.50. The number of hydrogen-bond acceptors (Lipinski definition) is 1. The van der Waals surface area contributed by atoms with Crippen molar-refractivity contribution < 1.29 is 35.5 Å². The lowest BCUT2D eigenvalue weighted by Gasteiger charge is -2.12. The van der Waals surface area contributed by atoms with Crippen LogP contribution in [0, 0.1) is 40.5 Å². The maximum atomic E-state index is 14.1. The van der Waals surface area contributed by atoms with Crippen molar-refractivity contribution in [2.45, 2.75) is 33.1 Å². The van der Waals surface area contributed by atoms with Gasteiger partial charge >= 0.3 is 6.18 Å². The third kappa shape index (κ3) is 3.83. The van der Waals surface area contributed by atoms with Crippen molar-refractivity contribution in [3.63, 3.8) is 0 Å². The van der Waals surface area contributed by atoms with Crippen LogP contribution in [0.25, 0.3) is 0 Å². The average molecular weight is 370 g/mol. The van der Waals surface area contributed by atoms with Gasteiger partial charge in [-0.3, -0.25) is 0 Å². The number of benzene rings is 1. The highest BCUT2D eigenvalue weighted by Crippen LogP contribution is 2.60. The van der Waals surface area contributed by atoms with Crippen LogP contribution in [0.1, 0.15) is 25.0 Å². The van der Waals surface area contributed by atoms with Crippen LogP contribution in [0.5, 0.6) is 0 Å². The Morgan fingerprint density at radius 1 is 0.960 bits per heavy atom. The van der Waals surface area contributed by atoms with E-state index in [-0.39, 0.29) is 6.08 Å². The van der Waals surface area contributed by atoms with Gasteiger partial charge in [0.15, 0.2) is 23.3 Å². The Labute approximate surface area is 140 Å². The Hall–Kier alpha value is -1.57. The number of allylic oxidation sites excluding steroid dienone is 2. The summed E-state index contributed by atoms with van der Waals surface area (Å²) in [6.07, 6.45) is -3.92. The second kappa shape index (κ2) is 6.63. The highest BCUT2D eigenvalue weighted by atomic mass is 19.4. The van der Waals surface area contributed by atoms with Gasteiger partial charge in [0.05, 0.1) is 12.2 Å². The molecule has 0 amide bonds. The molecule has 2 atom stereocenters. The van der Waals surface area contributed by atoms with E-state index in [4.69, 9.17) is 0 Å². The maximum absolute atomic E-state index is 14.1. The van der Waals surface area contributed by atoms with Gasteiger partial charge in [-0.2, -0.15) is 13.2 Å². The second-order valence-electron chi connectivity index (χ2n) is 6.70. The average Bonchev–Trinajstić information content (AvgIpc) is 3.03. The fourth-order valence-corrected chi connectivity index (χ4v) is 3.16. The summed E-state index contributed by atoms with van der Waals surface area (Å²) in [4.78, 5) is 0. The molecule has 1 fully saturated rings. The molecule has 8 heteroatoms. The van der Waals surface area contributed by atoms with Gasteiger partial charge in [0.25, 0.3) is 0 Å². The Morgan fingerprint density at radius 2 is 1.44 bits per heavy atom. The molecule has 0 aromatic heterocycles. The van der Waals surface area contributed by atoms with Crippen molar-refractivity contribution in [2.24, 2.45) is 17.3 Å². The minimum Gasteiger partial charge on any atom is -0.380 e. The molecule has 1 saturated carbocycles. The Bertz CT molecular complexity index is 662. The number of methoxy groups -OCH3 is 1. The number of ether oxygens (including phenoxy) is 1. The van der Waals surface area contributed by atoms with Crippen molar-refractivity contribution in [3.05, 3.63) is 46.5 Å². The van der Waals surface area contributed by atoms with E-state index in [0.717, 1.165) is 13.2 Å². The van der Waals surface area contributed by atoms with Gasteiger partial charge in [0.2, 0.25) is 0 Å². The van der Waals surface area contributed by atoms with Crippen LogP contribution in [-0.2, 0) is 17.8 Å². The number of rotatable bonds is 5. The van der Waals surface area contributed by atoms with E-state index in [0.29, 0.717) is 0 Å². The van der Waals surface area contributed by atoms with Crippen LogP contribution in [0.3, 0.4) is 0 Å². The predicted octanol–water partition coefficient (Wildman–Crippen LogP) is 5.32. The van der Waals surface area contributed by atoms with Gasteiger partial charge in [-0.25, -0.2) is 17.6 Å². The third-order valence-corrected chi connectivity index (χ3v) is 4.79. The molecule has 1 nitrogen and oxygen atoms in total. The molecule has 0 bridgehead atoms. The monoisotopic (exact) mass is 370 g/mol. The van der Waals surface area contributed by atoms with E-state index in [1.807, 2.05) is 0 Å². The summed E-state index contributed by atoms with van der Waals surface area (Å²) in [7, 11) is 1.12. The van der Waals surface area contributed by atoms with Crippen molar-refractivity contribution in [2.75, 3.05) is 7.11 Å². The molecule has 1 aromatic rings. The molecule has 140 valence electrons. The summed E-state index contributed by atoms with van der Waals surface area (Å²) >= 11 is 0. The predicted molar refractivity (Wildman–Crippen MR) is 76.6 cm³/mol. The number of alkyl halides is 3. The summed E-state index contributed by atoms with van der Waals surface area (Å²) < 4.78 is 97.5. The van der Waals surface area contributed by atoms with Crippen LogP contribution < -0.4 is 0 Å². The summed E-state index contributed by atoms with van der Waals surface area (Å²) in [5.41, 5.74) is -2.32. The van der Waals surface area contributed by atoms with Crippen molar-refractivity contribution in [1.82, 2.24) is 0 Å². The van der Waals surface area contributed by atoms with E-state index in [1.165, 1.54) is 0 Å². The van der Waals surface area contributed by atoms with Gasteiger partial charge in [-0.1, -0.05) is 19.9 Å². The first kappa shape index (κ1) is 19.8. The first-order chi connectivity index (χ1) is 11.4. The molecule has 0 heterocycles. The first-order valence-corrected chi connectivity index (χ1v) is 7.50. The van der Waals surface area contributed by atoms with E-state index >= 15 is 0 Å². The van der Waals surface area contributed by atoms with E-state index in [2.05, 4.69) is 4.74 Å². The quantitative estimate of drug-likeness (QED) is 0.387. The molecule has 1 aliphatic rings. The van der Waals surface area contributed by atoms with Crippen molar-refractivity contribution >= 4 is 0 Å². The van der Waals surface area contributed by atoms with Crippen molar-refractivity contribution in [3.8, 4) is 0 Å². The fraction of sp³-hybridized carbons (Fsp3) is 0.529. The largest absolute Gasteiger partial charge is 0.409 e. The Kier molecular flexibility index (Phi) is 5.23. The smallest absolute Gasteiger partial charge is 0.380 e. The molecule has 1 aromatic carbocycles. The molecule has 0 spiro atoms. The summed E-state index contributed by atoms with van der Waals surface area (Å²) in [6.45, 7) is 2.62. The molecule has 1 aliphatic carbocycles. The van der Waals surface area contributed by atoms with Crippen LogP contribution in [0.15, 0.2) is 12.2 Å². The van der Waals surface area contributed by atoms with E-state index in [1.54, 1.807) is 13.8 Å². The topological polar surface area (TPSA) is 9.23 Å². The SMILES string of the molecule is COCc1c(F)c(F)c(CC2C(/C=C\C(F)(F)F)C2(C)C)c(F)c1F. The van der Waals surface area contributed by atoms with Gasteiger partial charge in [0, 0.05) is 18.7 Å². The van der Waals surface area contributed by atoms with Crippen LogP contribution >= 0.6 is 0 Å². The zero-order valence-electron chi connectivity index (χ0n) is 13.8. The molecular formula is C17H17F7O. The third-order valence-electron chi connectivity index (χ3n) is 4.79. The van der Waals surface area contributed by atoms with Crippen LogP contribution in [-0.4, -0.2) is 13.3 Å². The van der Waals surface area contributed by atoms with Crippen LogP contribution in [0.2, 0.25) is 0 Å². The molecule has 0 saturated heterocycles. The zero-order chi connectivity index (χ0) is 19.2. The molecule has 0 radical (unpaired) electrons. The van der Waals surface area contributed by atoms with E-state index < -0.39 is 70.9 Å². The molecule has 2 rings (SSSR count). The van der Waals surface area contributed by atoms with Crippen LogP contribution in [0.4, 0.5) is 30.7 Å². The minimum atomic E-state index is -4.50. The zero-order valence-corrected chi connectivity index (χ0v) is 13.8. The molecular weight excluding hydrogens is 353 g/mol. The lowest BCUT2D eigenvalue weighted by atomic mass is 9.99. The maximum Gasteiger partial charge on any atom is 0.409 e. The Balaban J connectivity index is 2.31. The molecule has 2 unspecified atom stereocenters.